The molecule has 27 heavy (non-hydrogen) atoms. The summed E-state index contributed by atoms with van der Waals surface area (Å²) in [7, 11) is 1.61. The van der Waals surface area contributed by atoms with Crippen molar-refractivity contribution in [2.75, 3.05) is 12.4 Å². The monoisotopic (exact) mass is 406 g/mol. The van der Waals surface area contributed by atoms with E-state index >= 15 is 0 Å². The molecule has 144 valence electrons. The van der Waals surface area contributed by atoms with Gasteiger partial charge in [-0.2, -0.15) is 0 Å². The molecule has 7 heteroatoms. The first-order valence-corrected chi connectivity index (χ1v) is 9.95. The summed E-state index contributed by atoms with van der Waals surface area (Å²) in [6.07, 6.45) is 4.66. The number of halogens is 2. The highest BCUT2D eigenvalue weighted by Gasteiger charge is 2.20. The molecule has 0 aliphatic carbocycles. The molecule has 1 aromatic carbocycles. The third-order valence-electron chi connectivity index (χ3n) is 4.74. The van der Waals surface area contributed by atoms with Gasteiger partial charge in [0.1, 0.15) is 22.4 Å². The molecule has 0 saturated heterocycles. The summed E-state index contributed by atoms with van der Waals surface area (Å²) < 4.78 is 7.23. The van der Waals surface area contributed by atoms with E-state index in [1.54, 1.807) is 19.4 Å². The van der Waals surface area contributed by atoms with Crippen LogP contribution in [0, 0.1) is 0 Å². The van der Waals surface area contributed by atoms with Crippen LogP contribution in [0.5, 0.6) is 5.75 Å². The van der Waals surface area contributed by atoms with Crippen LogP contribution in [-0.2, 0) is 6.42 Å². The summed E-state index contributed by atoms with van der Waals surface area (Å²) in [6, 6.07) is 5.87. The number of aryl methyl sites for hydroxylation is 1. The predicted molar refractivity (Wildman–Crippen MR) is 112 cm³/mol. The number of nitrogens with zero attached hydrogens (tertiary/aromatic N) is 3. The molecule has 0 spiro atoms. The Labute approximate surface area is 169 Å². The molecule has 3 rings (SSSR count). The lowest BCUT2D eigenvalue weighted by Crippen LogP contribution is -2.19. The van der Waals surface area contributed by atoms with Gasteiger partial charge in [0.2, 0.25) is 0 Å². The summed E-state index contributed by atoms with van der Waals surface area (Å²) >= 11 is 12.8. The maximum absolute atomic E-state index is 6.49. The minimum absolute atomic E-state index is 0.371. The van der Waals surface area contributed by atoms with E-state index in [1.807, 2.05) is 16.5 Å². The van der Waals surface area contributed by atoms with Crippen molar-refractivity contribution in [3.63, 3.8) is 0 Å². The van der Waals surface area contributed by atoms with Crippen molar-refractivity contribution < 1.29 is 4.74 Å². The summed E-state index contributed by atoms with van der Waals surface area (Å²) in [5.74, 6) is 1.66. The maximum Gasteiger partial charge on any atom is 0.165 e. The Morgan fingerprint density at radius 1 is 1.15 bits per heavy atom. The first kappa shape index (κ1) is 19.8. The Bertz CT molecular complexity index is 951. The van der Waals surface area contributed by atoms with Gasteiger partial charge in [-0.25, -0.2) is 9.97 Å². The largest absolute Gasteiger partial charge is 0.497 e. The minimum Gasteiger partial charge on any atom is -0.497 e. The van der Waals surface area contributed by atoms with Gasteiger partial charge in [0.25, 0.3) is 0 Å². The van der Waals surface area contributed by atoms with Crippen LogP contribution in [0.3, 0.4) is 0 Å². The molecule has 3 aromatic rings. The number of imidazole rings is 1. The maximum atomic E-state index is 6.49. The number of ether oxygens (including phenoxy) is 1. The van der Waals surface area contributed by atoms with Crippen LogP contribution in [-0.4, -0.2) is 27.5 Å². The summed E-state index contributed by atoms with van der Waals surface area (Å²) in [4.78, 5) is 9.37. The van der Waals surface area contributed by atoms with E-state index in [0.717, 1.165) is 42.0 Å². The van der Waals surface area contributed by atoms with Crippen molar-refractivity contribution in [2.45, 2.75) is 46.1 Å². The number of methoxy groups -OCH3 is 1. The third-order valence-corrected chi connectivity index (χ3v) is 5.24. The molecule has 5 nitrogen and oxygen atoms in total. The predicted octanol–water partition coefficient (Wildman–Crippen LogP) is 5.87. The van der Waals surface area contributed by atoms with Crippen molar-refractivity contribution in [1.29, 1.82) is 0 Å². The molecule has 0 radical (unpaired) electrons. The van der Waals surface area contributed by atoms with E-state index < -0.39 is 0 Å². The molecule has 2 aromatic heterocycles. The molecule has 2 heterocycles. The minimum atomic E-state index is 0.371. The molecule has 0 saturated carbocycles. The van der Waals surface area contributed by atoms with Gasteiger partial charge in [0.05, 0.1) is 17.8 Å². The van der Waals surface area contributed by atoms with Gasteiger partial charge in [-0.05, 0) is 37.5 Å². The number of anilines is 1. The van der Waals surface area contributed by atoms with Crippen LogP contribution in [0.15, 0.2) is 24.4 Å². The van der Waals surface area contributed by atoms with Crippen LogP contribution >= 0.6 is 23.2 Å². The van der Waals surface area contributed by atoms with Crippen LogP contribution in [0.1, 0.15) is 39.3 Å². The SMILES string of the molecule is CCc1nc2c(-c3ccc(OC)cc3Cl)nc(Cl)cn2c1NC(CC)CC. The number of aromatic nitrogens is 3. The second-order valence-electron chi connectivity index (χ2n) is 6.37. The number of hydrogen-bond donors (Lipinski definition) is 1. The van der Waals surface area contributed by atoms with E-state index in [4.69, 9.17) is 32.9 Å². The van der Waals surface area contributed by atoms with Gasteiger partial charge in [-0.1, -0.05) is 44.0 Å². The molecular formula is C20H24Cl2N4O. The zero-order valence-electron chi connectivity index (χ0n) is 16.0. The van der Waals surface area contributed by atoms with E-state index in [-0.39, 0.29) is 0 Å². The smallest absolute Gasteiger partial charge is 0.165 e. The van der Waals surface area contributed by atoms with Crippen molar-refractivity contribution in [3.8, 4) is 17.0 Å². The van der Waals surface area contributed by atoms with Gasteiger partial charge in [-0.15, -0.1) is 0 Å². The summed E-state index contributed by atoms with van der Waals surface area (Å²) in [6.45, 7) is 6.44. The highest BCUT2D eigenvalue weighted by molar-refractivity contribution is 6.33. The van der Waals surface area contributed by atoms with Gasteiger partial charge < -0.3 is 10.1 Å². The van der Waals surface area contributed by atoms with Crippen LogP contribution in [0.2, 0.25) is 10.2 Å². The zero-order valence-corrected chi connectivity index (χ0v) is 17.5. The Morgan fingerprint density at radius 2 is 1.89 bits per heavy atom. The van der Waals surface area contributed by atoms with Crippen molar-refractivity contribution in [2.24, 2.45) is 0 Å². The van der Waals surface area contributed by atoms with Crippen molar-refractivity contribution >= 4 is 34.7 Å². The topological polar surface area (TPSA) is 51.5 Å². The van der Waals surface area contributed by atoms with Gasteiger partial charge in [-0.3, -0.25) is 4.40 Å². The number of rotatable bonds is 7. The number of benzene rings is 1. The second-order valence-corrected chi connectivity index (χ2v) is 7.16. The fourth-order valence-corrected chi connectivity index (χ4v) is 3.59. The number of nitrogens with one attached hydrogen (secondary N) is 1. The van der Waals surface area contributed by atoms with Gasteiger partial charge >= 0.3 is 0 Å². The second kappa shape index (κ2) is 8.36. The molecule has 0 amide bonds. The van der Waals surface area contributed by atoms with E-state index in [2.05, 4.69) is 31.1 Å². The Balaban J connectivity index is 2.22. The molecule has 0 aliphatic heterocycles. The standard InChI is InChI=1S/C20H24Cl2N4O/c1-5-12(6-2)23-19-16(7-3)24-20-18(25-17(22)11-26(19)20)14-9-8-13(27-4)10-15(14)21/h8-12,23H,5-7H2,1-4H3. The zero-order chi connectivity index (χ0) is 19.6. The van der Waals surface area contributed by atoms with Crippen molar-refractivity contribution in [3.05, 3.63) is 40.3 Å². The first-order chi connectivity index (χ1) is 13.0. The van der Waals surface area contributed by atoms with Crippen molar-refractivity contribution in [1.82, 2.24) is 14.4 Å². The van der Waals surface area contributed by atoms with Crippen LogP contribution in [0.4, 0.5) is 5.82 Å². The molecule has 0 unspecified atom stereocenters. The first-order valence-electron chi connectivity index (χ1n) is 9.20. The summed E-state index contributed by atoms with van der Waals surface area (Å²) in [5, 5.41) is 4.55. The highest BCUT2D eigenvalue weighted by atomic mass is 35.5. The third kappa shape index (κ3) is 3.85. The van der Waals surface area contributed by atoms with E-state index in [0.29, 0.717) is 27.7 Å². The van der Waals surface area contributed by atoms with E-state index in [1.165, 1.54) is 0 Å². The molecular weight excluding hydrogens is 383 g/mol. The average Bonchev–Trinajstić information content (AvgIpc) is 3.02. The van der Waals surface area contributed by atoms with Crippen LogP contribution < -0.4 is 10.1 Å². The number of hydrogen-bond acceptors (Lipinski definition) is 4. The quantitative estimate of drug-likeness (QED) is 0.532. The Morgan fingerprint density at radius 3 is 2.48 bits per heavy atom. The highest BCUT2D eigenvalue weighted by Crippen LogP contribution is 2.35. The normalized spacial score (nSPS) is 11.4. The lowest BCUT2D eigenvalue weighted by Gasteiger charge is -2.17. The number of fused-ring (bicyclic) bond motifs is 1. The summed E-state index contributed by atoms with van der Waals surface area (Å²) in [5.41, 5.74) is 3.14. The molecule has 0 fully saturated rings. The average molecular weight is 407 g/mol. The fraction of sp³-hybridized carbons (Fsp3) is 0.400. The van der Waals surface area contributed by atoms with Gasteiger partial charge in [0.15, 0.2) is 5.65 Å². The van der Waals surface area contributed by atoms with Gasteiger partial charge in [0, 0.05) is 17.8 Å². The lowest BCUT2D eigenvalue weighted by molar-refractivity contribution is 0.415. The molecule has 0 atom stereocenters. The molecule has 0 bridgehead atoms. The Kier molecular flexibility index (Phi) is 6.12. The van der Waals surface area contributed by atoms with Crippen LogP contribution in [0.25, 0.3) is 16.9 Å². The Hall–Kier alpha value is -1.98. The fourth-order valence-electron chi connectivity index (χ4n) is 3.15. The lowest BCUT2D eigenvalue weighted by atomic mass is 10.1. The van der Waals surface area contributed by atoms with E-state index in [9.17, 15) is 0 Å². The molecule has 1 N–H and O–H groups in total. The molecule has 0 aliphatic rings.